The summed E-state index contributed by atoms with van der Waals surface area (Å²) in [5, 5.41) is 7.86. The van der Waals surface area contributed by atoms with Crippen LogP contribution in [0.4, 0.5) is 14.9 Å². The quantitative estimate of drug-likeness (QED) is 0.235. The van der Waals surface area contributed by atoms with E-state index in [2.05, 4.69) is 10.4 Å². The molecule has 0 aliphatic carbocycles. The minimum Gasteiger partial charge on any atom is -0.457 e. The van der Waals surface area contributed by atoms with Crippen LogP contribution in [0.5, 0.6) is 11.5 Å². The zero-order valence-corrected chi connectivity index (χ0v) is 22.1. The van der Waals surface area contributed by atoms with Crippen molar-refractivity contribution in [2.45, 2.75) is 4.90 Å². The third-order valence-electron chi connectivity index (χ3n) is 5.79. The number of rotatable bonds is 6. The molecular weight excluding hydrogens is 541 g/mol. The monoisotopic (exact) mass is 561 g/mol. The minimum atomic E-state index is -3.29. The van der Waals surface area contributed by atoms with Crippen LogP contribution in [-0.2, 0) is 9.84 Å². The number of hydrogen-bond acceptors (Lipinski definition) is 5. The van der Waals surface area contributed by atoms with Crippen LogP contribution in [0.15, 0.2) is 108 Å². The number of carbonyl (C=O) groups is 1. The van der Waals surface area contributed by atoms with Gasteiger partial charge in [0.05, 0.1) is 4.90 Å². The number of hydrogen-bond donors (Lipinski definition) is 1. The number of halogens is 2. The van der Waals surface area contributed by atoms with Crippen molar-refractivity contribution < 1.29 is 22.3 Å². The summed E-state index contributed by atoms with van der Waals surface area (Å²) in [6.07, 6.45) is 2.73. The molecule has 0 atom stereocenters. The molecule has 7 nitrogen and oxygen atoms in total. The molecule has 196 valence electrons. The third-order valence-corrected chi connectivity index (χ3v) is 7.17. The molecule has 1 amide bonds. The lowest BCUT2D eigenvalue weighted by molar-refractivity contribution is 0.251. The first-order valence-electron chi connectivity index (χ1n) is 11.7. The van der Waals surface area contributed by atoms with Crippen LogP contribution in [0, 0.1) is 5.82 Å². The van der Waals surface area contributed by atoms with E-state index in [-0.39, 0.29) is 10.7 Å². The Balaban J connectivity index is 1.34. The van der Waals surface area contributed by atoms with Crippen LogP contribution in [0.2, 0.25) is 5.02 Å². The molecule has 0 bridgehead atoms. The second-order valence-electron chi connectivity index (χ2n) is 8.65. The van der Waals surface area contributed by atoms with Gasteiger partial charge in [-0.25, -0.2) is 17.6 Å². The summed E-state index contributed by atoms with van der Waals surface area (Å²) in [5.41, 5.74) is 3.15. The lowest BCUT2D eigenvalue weighted by Crippen LogP contribution is -2.19. The van der Waals surface area contributed by atoms with Gasteiger partial charge in [0, 0.05) is 34.3 Å². The van der Waals surface area contributed by atoms with E-state index < -0.39 is 15.9 Å². The average molecular weight is 562 g/mol. The Morgan fingerprint density at radius 1 is 0.846 bits per heavy atom. The number of nitrogens with one attached hydrogen (secondary N) is 1. The average Bonchev–Trinajstić information content (AvgIpc) is 3.36. The van der Waals surface area contributed by atoms with Gasteiger partial charge in [0.2, 0.25) is 0 Å². The molecule has 10 heteroatoms. The van der Waals surface area contributed by atoms with Crippen molar-refractivity contribution in [1.29, 1.82) is 0 Å². The molecule has 4 aromatic carbocycles. The van der Waals surface area contributed by atoms with Crippen LogP contribution < -0.4 is 10.1 Å². The van der Waals surface area contributed by atoms with E-state index in [1.807, 2.05) is 0 Å². The summed E-state index contributed by atoms with van der Waals surface area (Å²) in [7, 11) is -3.29. The van der Waals surface area contributed by atoms with Gasteiger partial charge in [0.1, 0.15) is 23.0 Å². The van der Waals surface area contributed by atoms with E-state index in [0.717, 1.165) is 11.8 Å². The first kappa shape index (κ1) is 26.1. The van der Waals surface area contributed by atoms with Crippen LogP contribution in [0.1, 0.15) is 0 Å². The molecule has 0 unspecified atom stereocenters. The number of carbonyl (C=O) groups excluding carboxylic acids is 1. The molecule has 0 radical (unpaired) electrons. The van der Waals surface area contributed by atoms with Crippen molar-refractivity contribution in [3.05, 3.63) is 114 Å². The highest BCUT2D eigenvalue weighted by Gasteiger charge is 2.17. The molecule has 0 spiro atoms. The van der Waals surface area contributed by atoms with Crippen molar-refractivity contribution in [3.63, 3.8) is 0 Å². The fraction of sp³-hybridized carbons (Fsp3) is 0.0345. The minimum absolute atomic E-state index is 0.202. The van der Waals surface area contributed by atoms with Gasteiger partial charge < -0.3 is 10.1 Å². The van der Waals surface area contributed by atoms with E-state index in [1.54, 1.807) is 79.0 Å². The van der Waals surface area contributed by atoms with Crippen molar-refractivity contribution in [1.82, 2.24) is 9.78 Å². The predicted molar refractivity (Wildman–Crippen MR) is 149 cm³/mol. The number of aromatic nitrogens is 2. The molecule has 0 saturated carbocycles. The molecule has 5 aromatic rings. The van der Waals surface area contributed by atoms with Gasteiger partial charge in [-0.05, 0) is 78.4 Å². The van der Waals surface area contributed by atoms with E-state index in [4.69, 9.17) is 16.3 Å². The molecule has 39 heavy (non-hydrogen) atoms. The number of amides is 1. The van der Waals surface area contributed by atoms with E-state index in [9.17, 15) is 17.6 Å². The first-order chi connectivity index (χ1) is 18.7. The summed E-state index contributed by atoms with van der Waals surface area (Å²) in [5.74, 6) is 0.608. The predicted octanol–water partition coefficient (Wildman–Crippen LogP) is 7.29. The van der Waals surface area contributed by atoms with Gasteiger partial charge in [-0.1, -0.05) is 35.9 Å². The molecule has 1 N–H and O–H groups in total. The lowest BCUT2D eigenvalue weighted by atomic mass is 10.0. The molecule has 0 aliphatic heterocycles. The molecule has 1 heterocycles. The zero-order valence-electron chi connectivity index (χ0n) is 20.5. The highest BCUT2D eigenvalue weighted by molar-refractivity contribution is 7.90. The number of sulfone groups is 1. The number of anilines is 1. The van der Waals surface area contributed by atoms with Crippen molar-refractivity contribution in [3.8, 4) is 33.9 Å². The Morgan fingerprint density at radius 3 is 2.00 bits per heavy atom. The molecule has 0 aliphatic rings. The molecule has 0 saturated heterocycles. The summed E-state index contributed by atoms with van der Waals surface area (Å²) < 4.78 is 43.7. The maximum Gasteiger partial charge on any atom is 0.346 e. The highest BCUT2D eigenvalue weighted by Crippen LogP contribution is 2.32. The Hall–Kier alpha value is -4.47. The standard InChI is InChI=1S/C29H21ClFN3O4S/c1-39(36,37)26-16-14-25(15-17-26)38-24-12-10-23(11-13-24)32-29(35)34-18-27(19-4-8-22(31)9-5-19)28(33-34)20-2-6-21(30)7-3-20/h2-18H,1H3,(H,32,35). The largest absolute Gasteiger partial charge is 0.457 e. The fourth-order valence-corrected chi connectivity index (χ4v) is 4.57. The van der Waals surface area contributed by atoms with Crippen LogP contribution in [0.25, 0.3) is 22.4 Å². The maximum atomic E-state index is 13.5. The zero-order chi connectivity index (χ0) is 27.6. The Morgan fingerprint density at radius 2 is 1.41 bits per heavy atom. The summed E-state index contributed by atoms with van der Waals surface area (Å²) in [6.45, 7) is 0. The van der Waals surface area contributed by atoms with Gasteiger partial charge in [0.25, 0.3) is 0 Å². The second-order valence-corrected chi connectivity index (χ2v) is 11.1. The SMILES string of the molecule is CS(=O)(=O)c1ccc(Oc2ccc(NC(=O)n3cc(-c4ccc(F)cc4)c(-c4ccc(Cl)cc4)n3)cc2)cc1. The molecule has 0 fully saturated rings. The van der Waals surface area contributed by atoms with Gasteiger partial charge in [-0.2, -0.15) is 9.78 Å². The summed E-state index contributed by atoms with van der Waals surface area (Å²) in [6, 6.07) is 25.3. The van der Waals surface area contributed by atoms with Crippen molar-refractivity contribution in [2.24, 2.45) is 0 Å². The van der Waals surface area contributed by atoms with Gasteiger partial charge in [0.15, 0.2) is 9.84 Å². The lowest BCUT2D eigenvalue weighted by Gasteiger charge is -2.08. The van der Waals surface area contributed by atoms with E-state index in [0.29, 0.717) is 39.0 Å². The van der Waals surface area contributed by atoms with Crippen molar-refractivity contribution in [2.75, 3.05) is 11.6 Å². The Labute approximate surface area is 229 Å². The van der Waals surface area contributed by atoms with Crippen LogP contribution in [0.3, 0.4) is 0 Å². The van der Waals surface area contributed by atoms with E-state index >= 15 is 0 Å². The highest BCUT2D eigenvalue weighted by atomic mass is 35.5. The first-order valence-corrected chi connectivity index (χ1v) is 13.9. The topological polar surface area (TPSA) is 90.3 Å². The molecular formula is C29H21ClFN3O4S. The van der Waals surface area contributed by atoms with Gasteiger partial charge in [-0.3, -0.25) is 0 Å². The van der Waals surface area contributed by atoms with Crippen LogP contribution >= 0.6 is 11.6 Å². The Kier molecular flexibility index (Phi) is 7.19. The third kappa shape index (κ3) is 6.17. The second kappa shape index (κ2) is 10.7. The molecule has 1 aromatic heterocycles. The number of nitrogens with zero attached hydrogens (tertiary/aromatic N) is 2. The number of benzene rings is 4. The normalized spacial score (nSPS) is 11.3. The maximum absolute atomic E-state index is 13.5. The molecule has 5 rings (SSSR count). The van der Waals surface area contributed by atoms with Crippen LogP contribution in [-0.4, -0.2) is 30.5 Å². The summed E-state index contributed by atoms with van der Waals surface area (Å²) in [4.78, 5) is 13.3. The van der Waals surface area contributed by atoms with Gasteiger partial charge in [-0.15, -0.1) is 0 Å². The van der Waals surface area contributed by atoms with E-state index in [1.165, 1.54) is 28.9 Å². The smallest absolute Gasteiger partial charge is 0.346 e. The summed E-state index contributed by atoms with van der Waals surface area (Å²) >= 11 is 6.04. The number of ether oxygens (including phenoxy) is 1. The Bertz CT molecular complexity index is 1670. The fourth-order valence-electron chi connectivity index (χ4n) is 3.82. The van der Waals surface area contributed by atoms with Crippen molar-refractivity contribution >= 4 is 33.2 Å². The van der Waals surface area contributed by atoms with Gasteiger partial charge >= 0.3 is 6.03 Å².